The van der Waals surface area contributed by atoms with E-state index in [1.165, 1.54) is 24.3 Å². The second kappa shape index (κ2) is 13.0. The highest BCUT2D eigenvalue weighted by molar-refractivity contribution is 5.91. The van der Waals surface area contributed by atoms with E-state index in [-0.39, 0.29) is 18.4 Å². The molecule has 0 bridgehead atoms. The fourth-order valence-corrected chi connectivity index (χ4v) is 7.96. The molecule has 0 amide bonds. The topological polar surface area (TPSA) is 3.24 Å². The van der Waals surface area contributed by atoms with E-state index in [0.29, 0.717) is 11.1 Å². The van der Waals surface area contributed by atoms with Gasteiger partial charge in [0.2, 0.25) is 0 Å². The van der Waals surface area contributed by atoms with Crippen molar-refractivity contribution in [2.24, 2.45) is 0 Å². The average molecular weight is 682 g/mol. The lowest BCUT2D eigenvalue weighted by atomic mass is 9.70. The van der Waals surface area contributed by atoms with E-state index in [0.717, 1.165) is 61.8 Å². The fourth-order valence-electron chi connectivity index (χ4n) is 7.96. The summed E-state index contributed by atoms with van der Waals surface area (Å²) in [6, 6.07) is 31.9. The summed E-state index contributed by atoms with van der Waals surface area (Å²) in [5, 5.41) is 4.28. The lowest BCUT2D eigenvalue weighted by Gasteiger charge is -2.34. The van der Waals surface area contributed by atoms with Gasteiger partial charge in [0.05, 0.1) is 0 Å². The monoisotopic (exact) mass is 681 g/mol. The van der Waals surface area contributed by atoms with Gasteiger partial charge in [-0.3, -0.25) is 0 Å². The van der Waals surface area contributed by atoms with Gasteiger partial charge < -0.3 is 4.90 Å². The Morgan fingerprint density at radius 1 is 0.745 bits per heavy atom. The van der Waals surface area contributed by atoms with E-state index in [4.69, 9.17) is 0 Å². The van der Waals surface area contributed by atoms with Gasteiger partial charge in [-0.2, -0.15) is 0 Å². The highest BCUT2D eigenvalue weighted by Crippen LogP contribution is 2.51. The Morgan fingerprint density at radius 2 is 1.29 bits per heavy atom. The minimum atomic E-state index is -0.811. The van der Waals surface area contributed by atoms with Crippen molar-refractivity contribution >= 4 is 27.2 Å². The first kappa shape index (κ1) is 34.0. The molecule has 7 rings (SSSR count). The number of anilines is 1. The Balaban J connectivity index is 1.33. The number of halogens is 4. The lowest BCUT2D eigenvalue weighted by Crippen LogP contribution is -2.29. The highest BCUT2D eigenvalue weighted by Gasteiger charge is 2.43. The Kier molecular flexibility index (Phi) is 8.71. The van der Waals surface area contributed by atoms with Crippen LogP contribution in [0.1, 0.15) is 41.7 Å². The molecule has 1 aliphatic rings. The molecule has 0 fully saturated rings. The molecule has 0 aliphatic carbocycles. The molecule has 5 heteroatoms. The second-order valence-electron chi connectivity index (χ2n) is 14.2. The number of hydrogen-bond acceptors (Lipinski definition) is 1. The van der Waals surface area contributed by atoms with Gasteiger partial charge in [-0.05, 0) is 142 Å². The smallest absolute Gasteiger partial charge is 0.126 e. The molecule has 2 unspecified atom stereocenters. The Morgan fingerprint density at radius 3 is 1.94 bits per heavy atom. The first-order chi connectivity index (χ1) is 24.4. The minimum absolute atomic E-state index is 0.185. The largest absolute Gasteiger partial charge is 0.347 e. The van der Waals surface area contributed by atoms with Crippen molar-refractivity contribution in [3.63, 3.8) is 0 Å². The zero-order chi connectivity index (χ0) is 36.1. The number of allylic oxidation sites excluding steroid dienone is 5. The third kappa shape index (κ3) is 6.16. The summed E-state index contributed by atoms with van der Waals surface area (Å²) in [6.45, 7) is 10.6. The summed E-state index contributed by atoms with van der Waals surface area (Å²) in [4.78, 5) is 2.11. The third-order valence-corrected chi connectivity index (χ3v) is 10.8. The van der Waals surface area contributed by atoms with Crippen LogP contribution in [-0.2, 0) is 23.7 Å². The first-order valence-corrected chi connectivity index (χ1v) is 17.1. The molecule has 1 nitrogen and oxygen atoms in total. The molecule has 0 aromatic heterocycles. The van der Waals surface area contributed by atoms with Gasteiger partial charge in [0.1, 0.15) is 23.3 Å². The minimum Gasteiger partial charge on any atom is -0.347 e. The van der Waals surface area contributed by atoms with Crippen LogP contribution in [0.4, 0.5) is 23.2 Å². The summed E-state index contributed by atoms with van der Waals surface area (Å²) in [7, 11) is 1.99. The number of fused-ring (bicyclic) bond motifs is 3. The van der Waals surface area contributed by atoms with Gasteiger partial charge in [-0.15, -0.1) is 0 Å². The summed E-state index contributed by atoms with van der Waals surface area (Å²) in [5.41, 5.74) is 4.64. The van der Waals surface area contributed by atoms with Crippen molar-refractivity contribution in [3.05, 3.63) is 196 Å². The van der Waals surface area contributed by atoms with Gasteiger partial charge in [0.15, 0.2) is 0 Å². The van der Waals surface area contributed by atoms with Crippen LogP contribution in [0.3, 0.4) is 0 Å². The number of nitrogens with zero attached hydrogens (tertiary/aromatic N) is 1. The molecule has 51 heavy (non-hydrogen) atoms. The molecular weight excluding hydrogens is 643 g/mol. The van der Waals surface area contributed by atoms with E-state index in [1.807, 2.05) is 69.5 Å². The maximum atomic E-state index is 15.2. The number of likely N-dealkylation sites (N-methyl/N-ethyl adjacent to an activating group) is 1. The fraction of sp³-hybridized carbons (Fsp3) is 0.174. The van der Waals surface area contributed by atoms with Crippen LogP contribution in [0, 0.1) is 30.2 Å². The number of rotatable bonds is 8. The second-order valence-corrected chi connectivity index (χ2v) is 14.2. The average Bonchev–Trinajstić information content (AvgIpc) is 3.30. The van der Waals surface area contributed by atoms with Crippen molar-refractivity contribution in [3.8, 4) is 0 Å². The van der Waals surface area contributed by atoms with E-state index >= 15 is 8.78 Å². The van der Waals surface area contributed by atoms with Crippen molar-refractivity contribution < 1.29 is 17.6 Å². The standard InChI is InChI=1S/C46H39F4N/c1-29-21-31-12-6-7-13-32(31)24-39(29)45(3,27-35-22-37(47)17-19-41(35)49)30(2)11-10-16-44-46(4,28-36-23-38(48)18-20-42(36)50)40-25-33-14-8-9-15-34(33)26-43(40)51(44)5/h6-26H,2,27-28H2,1,3-5H3/b11-10+,44-16+. The summed E-state index contributed by atoms with van der Waals surface area (Å²) in [5.74, 6) is -1.91. The molecular formula is C46H39F4N. The molecule has 0 N–H and O–H groups in total. The Labute approximate surface area is 296 Å². The van der Waals surface area contributed by atoms with Crippen molar-refractivity contribution in [2.75, 3.05) is 11.9 Å². The number of hydrogen-bond donors (Lipinski definition) is 0. The van der Waals surface area contributed by atoms with Crippen molar-refractivity contribution in [2.45, 2.75) is 44.4 Å². The zero-order valence-electron chi connectivity index (χ0n) is 29.2. The lowest BCUT2D eigenvalue weighted by molar-refractivity contribution is 0.524. The van der Waals surface area contributed by atoms with Crippen LogP contribution in [0.15, 0.2) is 145 Å². The summed E-state index contributed by atoms with van der Waals surface area (Å²) in [6.07, 6.45) is 6.28. The molecule has 6 aromatic rings. The molecule has 0 saturated carbocycles. The molecule has 1 aliphatic heterocycles. The van der Waals surface area contributed by atoms with Crippen molar-refractivity contribution in [1.29, 1.82) is 0 Å². The quantitative estimate of drug-likeness (QED) is 0.114. The van der Waals surface area contributed by atoms with Crippen molar-refractivity contribution in [1.82, 2.24) is 0 Å². The number of benzene rings is 6. The Bertz CT molecular complexity index is 2410. The van der Waals surface area contributed by atoms with Gasteiger partial charge in [0, 0.05) is 29.3 Å². The number of aryl methyl sites for hydroxylation is 1. The highest BCUT2D eigenvalue weighted by atomic mass is 19.1. The molecule has 6 aromatic carbocycles. The maximum absolute atomic E-state index is 15.2. The third-order valence-electron chi connectivity index (χ3n) is 10.8. The molecule has 1 heterocycles. The van der Waals surface area contributed by atoms with Crippen LogP contribution in [0.2, 0.25) is 0 Å². The zero-order valence-corrected chi connectivity index (χ0v) is 29.2. The predicted molar refractivity (Wildman–Crippen MR) is 202 cm³/mol. The summed E-state index contributed by atoms with van der Waals surface area (Å²) >= 11 is 0. The van der Waals surface area contributed by atoms with Crippen LogP contribution in [-0.4, -0.2) is 7.05 Å². The van der Waals surface area contributed by atoms with Gasteiger partial charge in [-0.25, -0.2) is 17.6 Å². The van der Waals surface area contributed by atoms with Crippen LogP contribution < -0.4 is 4.90 Å². The predicted octanol–water partition coefficient (Wildman–Crippen LogP) is 12.0. The SMILES string of the molecule is C=C(/C=C/C=C1/N(C)c2cc3ccccc3cc2C1(C)Cc1cc(F)ccc1F)C(C)(Cc1cc(F)ccc1F)c1cc2ccccc2cc1C. The molecule has 0 spiro atoms. The molecule has 0 radical (unpaired) electrons. The van der Waals surface area contributed by atoms with Gasteiger partial charge >= 0.3 is 0 Å². The first-order valence-electron chi connectivity index (χ1n) is 17.1. The summed E-state index contributed by atoms with van der Waals surface area (Å²) < 4.78 is 59.3. The van der Waals surface area contributed by atoms with Gasteiger partial charge in [-0.1, -0.05) is 80.3 Å². The van der Waals surface area contributed by atoms with Gasteiger partial charge in [0.25, 0.3) is 0 Å². The normalized spacial score (nSPS) is 17.8. The Hall–Kier alpha value is -5.42. The van der Waals surface area contributed by atoms with E-state index < -0.39 is 34.1 Å². The van der Waals surface area contributed by atoms with Crippen LogP contribution in [0.25, 0.3) is 21.5 Å². The van der Waals surface area contributed by atoms with Crippen LogP contribution in [0.5, 0.6) is 0 Å². The molecule has 2 atom stereocenters. The van der Waals surface area contributed by atoms with E-state index in [2.05, 4.69) is 60.9 Å². The van der Waals surface area contributed by atoms with E-state index in [1.54, 1.807) is 0 Å². The molecule has 0 saturated heterocycles. The van der Waals surface area contributed by atoms with E-state index in [9.17, 15) is 8.78 Å². The van der Waals surface area contributed by atoms with Crippen LogP contribution >= 0.6 is 0 Å². The maximum Gasteiger partial charge on any atom is 0.126 e. The molecule has 256 valence electrons.